The van der Waals surface area contributed by atoms with E-state index in [2.05, 4.69) is 28.9 Å². The summed E-state index contributed by atoms with van der Waals surface area (Å²) < 4.78 is 47.2. The second-order valence-electron chi connectivity index (χ2n) is 18.2. The molecular formula is C48H70BF2N6O6. The number of fused-ring (bicyclic) bond motifs is 2. The van der Waals surface area contributed by atoms with Gasteiger partial charge in [0.25, 0.3) is 5.91 Å². The molecule has 345 valence electrons. The number of halogens is 2. The van der Waals surface area contributed by atoms with Crippen LogP contribution < -0.4 is 0 Å². The second-order valence-corrected chi connectivity index (χ2v) is 18.2. The molecule has 3 fully saturated rings. The first-order valence-electron chi connectivity index (χ1n) is 22.6. The highest BCUT2D eigenvalue weighted by atomic mass is 19.1. The van der Waals surface area contributed by atoms with Crippen molar-refractivity contribution in [2.45, 2.75) is 131 Å². The van der Waals surface area contributed by atoms with Crippen molar-refractivity contribution < 1.29 is 37.4 Å². The summed E-state index contributed by atoms with van der Waals surface area (Å²) in [5.41, 5.74) is 3.66. The van der Waals surface area contributed by atoms with E-state index in [9.17, 15) is 23.2 Å². The number of piperidine rings is 2. The number of nitrogens with zero attached hydrogens (tertiary/aromatic N) is 6. The summed E-state index contributed by atoms with van der Waals surface area (Å²) >= 11 is 0. The fourth-order valence-electron chi connectivity index (χ4n) is 9.53. The molecule has 2 atom stereocenters. The smallest absolute Gasteiger partial charge is 0.340 e. The van der Waals surface area contributed by atoms with Gasteiger partial charge in [0.15, 0.2) is 5.67 Å². The number of alkyl halides is 2. The maximum atomic E-state index is 14.0. The van der Waals surface area contributed by atoms with E-state index >= 15 is 0 Å². The molecule has 7 heterocycles. The van der Waals surface area contributed by atoms with Gasteiger partial charge in [0, 0.05) is 76.9 Å². The van der Waals surface area contributed by atoms with Crippen LogP contribution in [-0.2, 0) is 19.0 Å². The molecule has 7 rings (SSSR count). The summed E-state index contributed by atoms with van der Waals surface area (Å²) in [6, 6.07) is 7.47. The van der Waals surface area contributed by atoms with Crippen LogP contribution in [0.25, 0.3) is 11.0 Å². The van der Waals surface area contributed by atoms with Crippen molar-refractivity contribution in [2.75, 3.05) is 59.2 Å². The molecule has 0 aromatic carbocycles. The van der Waals surface area contributed by atoms with Gasteiger partial charge in [-0.3, -0.25) is 4.79 Å². The number of hydrogen-bond acceptors (Lipinski definition) is 9. The molecule has 0 saturated carbocycles. The predicted octanol–water partition coefficient (Wildman–Crippen LogP) is 8.71. The number of amides is 1. The molecule has 3 aliphatic heterocycles. The zero-order chi connectivity index (χ0) is 45.4. The highest BCUT2D eigenvalue weighted by molar-refractivity contribution is 6.00. The van der Waals surface area contributed by atoms with Gasteiger partial charge in [0.1, 0.15) is 5.67 Å². The van der Waals surface area contributed by atoms with Crippen LogP contribution in [0, 0.1) is 25.7 Å². The molecule has 3 radical (unpaired) electrons. The standard InChI is InChI=1S/C22H30FN3O3.C22H32FN3O2.C4H8O.B/c1-6-29-20(27)18-15(3)19(26-17(18)8-7-11-24-26)14(2)16-9-12-25(13-10-16)21(28)22(4,5)23;1-6-28-21(27)19-16(3)20(26-18(19)8-7-11-24-26)15(2)17-9-12-25(13-10-17)14-22(4,5)23;1-2-4-5-3-1;/h7-8,11,14,16H,6,9-10,12-13H2,1-5H3;7-8,11,15,17H,6,9-10,12-14H2,1-5H3;1-4H2;. The van der Waals surface area contributed by atoms with Crippen molar-refractivity contribution in [3.8, 4) is 0 Å². The minimum absolute atomic E-state index is 0. The quantitative estimate of drug-likeness (QED) is 0.108. The van der Waals surface area contributed by atoms with Crippen molar-refractivity contribution in [1.82, 2.24) is 29.0 Å². The first-order valence-corrected chi connectivity index (χ1v) is 22.6. The van der Waals surface area contributed by atoms with Crippen LogP contribution in [0.4, 0.5) is 8.78 Å². The van der Waals surface area contributed by atoms with Gasteiger partial charge in [-0.05, 0) is 154 Å². The van der Waals surface area contributed by atoms with Crippen molar-refractivity contribution in [1.29, 1.82) is 0 Å². The van der Waals surface area contributed by atoms with Gasteiger partial charge < -0.3 is 24.0 Å². The Morgan fingerprint density at radius 1 is 0.746 bits per heavy atom. The lowest BCUT2D eigenvalue weighted by Gasteiger charge is -2.36. The van der Waals surface area contributed by atoms with Crippen LogP contribution in [0.3, 0.4) is 0 Å². The van der Waals surface area contributed by atoms with Crippen LogP contribution in [0.5, 0.6) is 0 Å². The summed E-state index contributed by atoms with van der Waals surface area (Å²) in [5.74, 6) is 0.119. The Balaban J connectivity index is 0.000000245. The van der Waals surface area contributed by atoms with Crippen molar-refractivity contribution in [2.24, 2.45) is 11.8 Å². The SMILES string of the molecule is C1CCOC1.CCOC(=O)c1c(C)c(C(C)C2CCN(C(=O)C(C)(C)F)CC2)n2ncccc12.CCOC(=O)c1c(C)c(C(C)C2CCN(CC(C)(C)F)CC2)n2ncccc12.[B]. The average Bonchev–Trinajstić information content (AvgIpc) is 3.98. The number of rotatable bonds is 11. The second kappa shape index (κ2) is 22.5. The molecule has 3 aliphatic rings. The molecule has 1 amide bonds. The zero-order valence-corrected chi connectivity index (χ0v) is 39.3. The van der Waals surface area contributed by atoms with Gasteiger partial charge in [-0.2, -0.15) is 10.2 Å². The summed E-state index contributed by atoms with van der Waals surface area (Å²) in [7, 11) is 0. The fraction of sp³-hybridized carbons (Fsp3) is 0.646. The molecule has 3 saturated heterocycles. The molecule has 15 heteroatoms. The van der Waals surface area contributed by atoms with Gasteiger partial charge in [0.2, 0.25) is 0 Å². The summed E-state index contributed by atoms with van der Waals surface area (Å²) in [4.78, 5) is 41.2. The van der Waals surface area contributed by atoms with E-state index < -0.39 is 17.2 Å². The highest BCUT2D eigenvalue weighted by Crippen LogP contribution is 2.39. The Morgan fingerprint density at radius 2 is 1.16 bits per heavy atom. The van der Waals surface area contributed by atoms with Gasteiger partial charge in [-0.1, -0.05) is 13.8 Å². The maximum Gasteiger partial charge on any atom is 0.340 e. The van der Waals surface area contributed by atoms with Crippen molar-refractivity contribution in [3.63, 3.8) is 0 Å². The van der Waals surface area contributed by atoms with E-state index in [1.54, 1.807) is 38.1 Å². The van der Waals surface area contributed by atoms with E-state index in [1.165, 1.54) is 26.7 Å². The molecule has 0 aliphatic carbocycles. The molecule has 0 spiro atoms. The maximum absolute atomic E-state index is 14.0. The molecule has 2 unspecified atom stereocenters. The predicted molar refractivity (Wildman–Crippen MR) is 243 cm³/mol. The lowest BCUT2D eigenvalue weighted by Crippen LogP contribution is -2.47. The molecule has 0 N–H and O–H groups in total. The Labute approximate surface area is 375 Å². The van der Waals surface area contributed by atoms with Crippen LogP contribution in [0.2, 0.25) is 0 Å². The number of carbonyl (C=O) groups is 3. The van der Waals surface area contributed by atoms with Crippen LogP contribution in [0.1, 0.15) is 149 Å². The molecular weight excluding hydrogens is 805 g/mol. The summed E-state index contributed by atoms with van der Waals surface area (Å²) in [6.07, 6.45) is 9.64. The minimum Gasteiger partial charge on any atom is -0.462 e. The Bertz CT molecular complexity index is 2120. The van der Waals surface area contributed by atoms with Crippen molar-refractivity contribution in [3.05, 3.63) is 70.3 Å². The van der Waals surface area contributed by atoms with Gasteiger partial charge in [-0.25, -0.2) is 27.4 Å². The largest absolute Gasteiger partial charge is 0.462 e. The monoisotopic (exact) mass is 876 g/mol. The van der Waals surface area contributed by atoms with Gasteiger partial charge in [0.05, 0.1) is 35.4 Å². The van der Waals surface area contributed by atoms with E-state index in [0.717, 1.165) is 85.5 Å². The Morgan fingerprint density at radius 3 is 1.51 bits per heavy atom. The number of likely N-dealkylation sites (tertiary alicyclic amines) is 2. The lowest BCUT2D eigenvalue weighted by atomic mass is 9.82. The number of hydrogen-bond donors (Lipinski definition) is 0. The van der Waals surface area contributed by atoms with Crippen LogP contribution >= 0.6 is 0 Å². The first kappa shape index (κ1) is 51.3. The Kier molecular flexibility index (Phi) is 18.3. The number of esters is 2. The zero-order valence-electron chi connectivity index (χ0n) is 39.3. The minimum atomic E-state index is -1.84. The molecule has 0 bridgehead atoms. The normalized spacial score (nSPS) is 17.6. The van der Waals surface area contributed by atoms with E-state index in [0.29, 0.717) is 55.8 Å². The average molecular weight is 876 g/mol. The van der Waals surface area contributed by atoms with Crippen molar-refractivity contribution >= 4 is 37.3 Å². The van der Waals surface area contributed by atoms with E-state index in [4.69, 9.17) is 14.2 Å². The van der Waals surface area contributed by atoms with E-state index in [1.807, 2.05) is 54.1 Å². The van der Waals surface area contributed by atoms with Gasteiger partial charge >= 0.3 is 11.9 Å². The topological polar surface area (TPSA) is 120 Å². The van der Waals surface area contributed by atoms with Crippen LogP contribution in [-0.4, -0.2) is 126 Å². The third-order valence-electron chi connectivity index (χ3n) is 12.6. The third kappa shape index (κ3) is 12.5. The third-order valence-corrected chi connectivity index (χ3v) is 12.6. The first-order chi connectivity index (χ1) is 29.4. The summed E-state index contributed by atoms with van der Waals surface area (Å²) in [6.45, 7) is 23.8. The van der Waals surface area contributed by atoms with Crippen LogP contribution in [0.15, 0.2) is 36.7 Å². The lowest BCUT2D eigenvalue weighted by molar-refractivity contribution is -0.143. The summed E-state index contributed by atoms with van der Waals surface area (Å²) in [5, 5.41) is 9.02. The fourth-order valence-corrected chi connectivity index (χ4v) is 9.53. The molecule has 4 aromatic heterocycles. The Hall–Kier alpha value is -4.37. The van der Waals surface area contributed by atoms with E-state index in [-0.39, 0.29) is 32.2 Å². The highest BCUT2D eigenvalue weighted by Gasteiger charge is 2.37. The van der Waals surface area contributed by atoms with Gasteiger partial charge in [-0.15, -0.1) is 0 Å². The molecule has 63 heavy (non-hydrogen) atoms. The number of aromatic nitrogens is 4. The molecule has 12 nitrogen and oxygen atoms in total. The molecule has 4 aromatic rings. The number of ether oxygens (including phenoxy) is 3. The number of carbonyl (C=O) groups excluding carboxylic acids is 3.